The van der Waals surface area contributed by atoms with Crippen molar-refractivity contribution in [1.29, 1.82) is 0 Å². The van der Waals surface area contributed by atoms with Crippen molar-refractivity contribution in [1.82, 2.24) is 15.1 Å². The lowest BCUT2D eigenvalue weighted by atomic mass is 10.1. The molecule has 19 heavy (non-hydrogen) atoms. The second-order valence-electron chi connectivity index (χ2n) is 6.20. The topological polar surface area (TPSA) is 35.6 Å². The average Bonchev–Trinajstić information content (AvgIpc) is 3.16. The van der Waals surface area contributed by atoms with Gasteiger partial charge in [-0.25, -0.2) is 0 Å². The van der Waals surface area contributed by atoms with Crippen molar-refractivity contribution < 1.29 is 4.79 Å². The summed E-state index contributed by atoms with van der Waals surface area (Å²) in [6.07, 6.45) is 3.90. The van der Waals surface area contributed by atoms with Crippen LogP contribution in [0.25, 0.3) is 0 Å². The fourth-order valence-electron chi connectivity index (χ4n) is 3.06. The molecule has 1 amide bonds. The molecule has 2 rings (SSSR count). The van der Waals surface area contributed by atoms with E-state index in [1.807, 2.05) is 0 Å². The highest BCUT2D eigenvalue weighted by molar-refractivity contribution is 5.84. The maximum absolute atomic E-state index is 12.4. The minimum absolute atomic E-state index is 0.0148. The molecule has 2 atom stereocenters. The summed E-state index contributed by atoms with van der Waals surface area (Å²) in [4.78, 5) is 17.0. The van der Waals surface area contributed by atoms with Gasteiger partial charge in [0.1, 0.15) is 0 Å². The van der Waals surface area contributed by atoms with Gasteiger partial charge in [-0.3, -0.25) is 15.0 Å². The summed E-state index contributed by atoms with van der Waals surface area (Å²) in [6.45, 7) is 11.6. The first-order valence-electron chi connectivity index (χ1n) is 7.89. The summed E-state index contributed by atoms with van der Waals surface area (Å²) in [5.74, 6) is 0.672. The molecule has 2 fully saturated rings. The Bertz CT molecular complexity index is 315. The fraction of sp³-hybridized carbons (Fsp3) is 0.933. The standard InChI is InChI=1S/C15H29N3O/c1-5-13-16-14(11(3)4)15(19)18(13)10-9-17(6-2)12-7-8-12/h11-14,16H,5-10H2,1-4H3. The van der Waals surface area contributed by atoms with Crippen LogP contribution in [0.5, 0.6) is 0 Å². The molecular weight excluding hydrogens is 238 g/mol. The van der Waals surface area contributed by atoms with E-state index < -0.39 is 0 Å². The quantitative estimate of drug-likeness (QED) is 0.762. The van der Waals surface area contributed by atoms with Crippen LogP contribution in [-0.2, 0) is 4.79 Å². The highest BCUT2D eigenvalue weighted by Crippen LogP contribution is 2.26. The Kier molecular flexibility index (Phi) is 4.85. The summed E-state index contributed by atoms with van der Waals surface area (Å²) in [7, 11) is 0. The maximum Gasteiger partial charge on any atom is 0.241 e. The molecule has 2 unspecified atom stereocenters. The molecular formula is C15H29N3O. The van der Waals surface area contributed by atoms with Crippen molar-refractivity contribution in [3.63, 3.8) is 0 Å². The third kappa shape index (κ3) is 3.29. The van der Waals surface area contributed by atoms with Crippen LogP contribution in [0.2, 0.25) is 0 Å². The van der Waals surface area contributed by atoms with Crippen molar-refractivity contribution in [2.45, 2.75) is 65.2 Å². The Morgan fingerprint density at radius 3 is 2.53 bits per heavy atom. The predicted octanol–water partition coefficient (Wildman–Crippen LogP) is 1.66. The Balaban J connectivity index is 1.91. The van der Waals surface area contributed by atoms with Crippen LogP contribution >= 0.6 is 0 Å². The lowest BCUT2D eigenvalue weighted by Gasteiger charge is -2.27. The van der Waals surface area contributed by atoms with Crippen molar-refractivity contribution in [3.05, 3.63) is 0 Å². The van der Waals surface area contributed by atoms with Crippen molar-refractivity contribution in [3.8, 4) is 0 Å². The lowest BCUT2D eigenvalue weighted by Crippen LogP contribution is -2.42. The van der Waals surface area contributed by atoms with Gasteiger partial charge in [0.05, 0.1) is 12.2 Å². The number of nitrogens with zero attached hydrogens (tertiary/aromatic N) is 2. The zero-order valence-corrected chi connectivity index (χ0v) is 12.9. The van der Waals surface area contributed by atoms with Gasteiger partial charge in [0.15, 0.2) is 0 Å². The Hall–Kier alpha value is -0.610. The van der Waals surface area contributed by atoms with E-state index in [9.17, 15) is 4.79 Å². The van der Waals surface area contributed by atoms with E-state index in [2.05, 4.69) is 42.8 Å². The number of rotatable bonds is 7. The van der Waals surface area contributed by atoms with E-state index in [0.717, 1.165) is 32.1 Å². The van der Waals surface area contributed by atoms with Gasteiger partial charge in [0.2, 0.25) is 5.91 Å². The Morgan fingerprint density at radius 1 is 1.37 bits per heavy atom. The first kappa shape index (κ1) is 14.8. The summed E-state index contributed by atoms with van der Waals surface area (Å²) in [6, 6.07) is 0.803. The van der Waals surface area contributed by atoms with E-state index in [-0.39, 0.29) is 12.2 Å². The van der Waals surface area contributed by atoms with Gasteiger partial charge in [0, 0.05) is 19.1 Å². The number of hydrogen-bond donors (Lipinski definition) is 1. The molecule has 4 heteroatoms. The zero-order chi connectivity index (χ0) is 14.0. The number of nitrogens with one attached hydrogen (secondary N) is 1. The third-order valence-corrected chi connectivity index (χ3v) is 4.45. The van der Waals surface area contributed by atoms with Crippen LogP contribution < -0.4 is 5.32 Å². The second kappa shape index (κ2) is 6.23. The molecule has 1 aliphatic heterocycles. The van der Waals surface area contributed by atoms with Crippen LogP contribution in [0.4, 0.5) is 0 Å². The Morgan fingerprint density at radius 2 is 2.05 bits per heavy atom. The highest BCUT2D eigenvalue weighted by atomic mass is 16.2. The minimum atomic E-state index is 0.0148. The summed E-state index contributed by atoms with van der Waals surface area (Å²) < 4.78 is 0. The molecule has 1 N–H and O–H groups in total. The van der Waals surface area contributed by atoms with Crippen LogP contribution in [-0.4, -0.2) is 53.6 Å². The minimum Gasteiger partial charge on any atom is -0.325 e. The van der Waals surface area contributed by atoms with Crippen LogP contribution in [0.15, 0.2) is 0 Å². The van der Waals surface area contributed by atoms with Crippen LogP contribution in [0, 0.1) is 5.92 Å². The molecule has 0 aromatic rings. The van der Waals surface area contributed by atoms with Crippen molar-refractivity contribution in [2.75, 3.05) is 19.6 Å². The van der Waals surface area contributed by atoms with E-state index in [0.29, 0.717) is 11.8 Å². The van der Waals surface area contributed by atoms with E-state index >= 15 is 0 Å². The number of amides is 1. The molecule has 110 valence electrons. The van der Waals surface area contributed by atoms with E-state index in [1.165, 1.54) is 12.8 Å². The SMILES string of the molecule is CCC1NC(C(C)C)C(=O)N1CCN(CC)C1CC1. The second-order valence-corrected chi connectivity index (χ2v) is 6.20. The molecule has 4 nitrogen and oxygen atoms in total. The monoisotopic (exact) mass is 267 g/mol. The molecule has 1 aliphatic carbocycles. The average molecular weight is 267 g/mol. The summed E-state index contributed by atoms with van der Waals surface area (Å²) in [5, 5.41) is 3.48. The van der Waals surface area contributed by atoms with Gasteiger partial charge in [0.25, 0.3) is 0 Å². The van der Waals surface area contributed by atoms with Crippen molar-refractivity contribution in [2.24, 2.45) is 5.92 Å². The van der Waals surface area contributed by atoms with Gasteiger partial charge in [-0.15, -0.1) is 0 Å². The molecule has 0 spiro atoms. The summed E-state index contributed by atoms with van der Waals surface area (Å²) >= 11 is 0. The molecule has 2 aliphatic rings. The predicted molar refractivity (Wildman–Crippen MR) is 77.8 cm³/mol. The smallest absolute Gasteiger partial charge is 0.241 e. The molecule has 0 radical (unpaired) electrons. The number of likely N-dealkylation sites (N-methyl/N-ethyl adjacent to an activating group) is 1. The molecule has 1 saturated carbocycles. The zero-order valence-electron chi connectivity index (χ0n) is 12.9. The first-order chi connectivity index (χ1) is 9.08. The molecule has 0 aromatic heterocycles. The van der Waals surface area contributed by atoms with Crippen molar-refractivity contribution >= 4 is 5.91 Å². The normalized spacial score (nSPS) is 27.9. The third-order valence-electron chi connectivity index (χ3n) is 4.45. The first-order valence-corrected chi connectivity index (χ1v) is 7.89. The van der Waals surface area contributed by atoms with E-state index in [1.54, 1.807) is 0 Å². The number of hydrogen-bond acceptors (Lipinski definition) is 3. The van der Waals surface area contributed by atoms with Gasteiger partial charge in [-0.1, -0.05) is 27.7 Å². The number of carbonyl (C=O) groups excluding carboxylic acids is 1. The van der Waals surface area contributed by atoms with Crippen LogP contribution in [0.3, 0.4) is 0 Å². The maximum atomic E-state index is 12.4. The highest BCUT2D eigenvalue weighted by Gasteiger charge is 2.39. The lowest BCUT2D eigenvalue weighted by molar-refractivity contribution is -0.131. The van der Waals surface area contributed by atoms with Gasteiger partial charge in [-0.2, -0.15) is 0 Å². The molecule has 0 bridgehead atoms. The molecule has 1 saturated heterocycles. The molecule has 1 heterocycles. The van der Waals surface area contributed by atoms with Gasteiger partial charge in [-0.05, 0) is 31.7 Å². The summed E-state index contributed by atoms with van der Waals surface area (Å²) in [5.41, 5.74) is 0. The number of carbonyl (C=O) groups is 1. The Labute approximate surface area is 117 Å². The van der Waals surface area contributed by atoms with Gasteiger partial charge < -0.3 is 4.90 Å². The van der Waals surface area contributed by atoms with Gasteiger partial charge >= 0.3 is 0 Å². The van der Waals surface area contributed by atoms with Crippen LogP contribution in [0.1, 0.15) is 47.0 Å². The van der Waals surface area contributed by atoms with E-state index in [4.69, 9.17) is 0 Å². The molecule has 0 aromatic carbocycles. The fourth-order valence-corrected chi connectivity index (χ4v) is 3.06. The largest absolute Gasteiger partial charge is 0.325 e.